The molecule has 0 spiro atoms. The maximum atomic E-state index is 12.6. The van der Waals surface area contributed by atoms with Crippen LogP contribution in [0.2, 0.25) is 0 Å². The minimum atomic E-state index is 0.132. The smallest absolute Gasteiger partial charge is 0.242 e. The van der Waals surface area contributed by atoms with E-state index in [-0.39, 0.29) is 18.0 Å². The summed E-state index contributed by atoms with van der Waals surface area (Å²) in [6.07, 6.45) is 7.24. The van der Waals surface area contributed by atoms with Crippen LogP contribution in [0.5, 0.6) is 0 Å². The van der Waals surface area contributed by atoms with Crippen molar-refractivity contribution in [3.8, 4) is 0 Å². The fraction of sp³-hybridized carbons (Fsp3) is 0.435. The summed E-state index contributed by atoms with van der Waals surface area (Å²) in [6.45, 7) is 4.15. The van der Waals surface area contributed by atoms with Gasteiger partial charge >= 0.3 is 0 Å². The van der Waals surface area contributed by atoms with Gasteiger partial charge in [0.2, 0.25) is 5.91 Å². The summed E-state index contributed by atoms with van der Waals surface area (Å²) in [7, 11) is 1.99. The summed E-state index contributed by atoms with van der Waals surface area (Å²) in [5.41, 5.74) is 4.27. The maximum Gasteiger partial charge on any atom is 0.242 e. The number of hydrogen-bond acceptors (Lipinski definition) is 5. The molecule has 3 aromatic heterocycles. The number of rotatable bonds is 3. The molecular weight excluding hydrogens is 376 g/mol. The molecule has 0 radical (unpaired) electrons. The van der Waals surface area contributed by atoms with Gasteiger partial charge in [0.15, 0.2) is 0 Å². The molecule has 0 aromatic carbocycles. The van der Waals surface area contributed by atoms with Crippen molar-refractivity contribution in [1.29, 1.82) is 0 Å². The van der Waals surface area contributed by atoms with Gasteiger partial charge in [-0.05, 0) is 57.0 Å². The lowest BCUT2D eigenvalue weighted by atomic mass is 9.93. The second-order valence-corrected chi connectivity index (χ2v) is 8.47. The molecule has 3 aromatic rings. The molecule has 5 rings (SSSR count). The summed E-state index contributed by atoms with van der Waals surface area (Å²) in [5.74, 6) is 1.03. The number of imidazole rings is 1. The Balaban J connectivity index is 1.44. The van der Waals surface area contributed by atoms with Crippen LogP contribution in [0.25, 0.3) is 5.65 Å². The van der Waals surface area contributed by atoms with E-state index < -0.39 is 0 Å². The molecule has 2 fully saturated rings. The zero-order valence-electron chi connectivity index (χ0n) is 17.6. The number of likely N-dealkylation sites (N-methyl/N-ethyl adjacent to an activating group) is 1. The van der Waals surface area contributed by atoms with Crippen LogP contribution < -0.4 is 10.2 Å². The van der Waals surface area contributed by atoms with E-state index in [9.17, 15) is 4.79 Å². The fourth-order valence-electron chi connectivity index (χ4n) is 4.68. The quantitative estimate of drug-likeness (QED) is 0.727. The van der Waals surface area contributed by atoms with Crippen molar-refractivity contribution in [1.82, 2.24) is 24.6 Å². The Kier molecular flexibility index (Phi) is 5.00. The van der Waals surface area contributed by atoms with Gasteiger partial charge < -0.3 is 5.32 Å². The molecule has 2 saturated heterocycles. The normalized spacial score (nSPS) is 23.3. The zero-order valence-corrected chi connectivity index (χ0v) is 17.6. The number of pyridine rings is 2. The number of nitrogens with zero attached hydrogens (tertiary/aromatic N) is 5. The van der Waals surface area contributed by atoms with E-state index >= 15 is 0 Å². The second kappa shape index (κ2) is 7.81. The highest BCUT2D eigenvalue weighted by Crippen LogP contribution is 2.33. The molecule has 156 valence electrons. The van der Waals surface area contributed by atoms with Gasteiger partial charge in [-0.3, -0.25) is 24.0 Å². The summed E-state index contributed by atoms with van der Waals surface area (Å²) in [4.78, 5) is 26.1. The molecule has 7 heteroatoms. The number of aromatic nitrogens is 3. The van der Waals surface area contributed by atoms with Crippen LogP contribution in [0.15, 0.2) is 42.7 Å². The molecule has 0 bridgehead atoms. The van der Waals surface area contributed by atoms with Crippen molar-refractivity contribution in [2.45, 2.75) is 38.3 Å². The van der Waals surface area contributed by atoms with Gasteiger partial charge in [0.1, 0.15) is 11.5 Å². The number of anilines is 1. The van der Waals surface area contributed by atoms with Gasteiger partial charge in [0.05, 0.1) is 30.0 Å². The Morgan fingerprint density at radius 2 is 1.97 bits per heavy atom. The van der Waals surface area contributed by atoms with Crippen LogP contribution in [0.4, 0.5) is 5.82 Å². The summed E-state index contributed by atoms with van der Waals surface area (Å²) < 4.78 is 2.07. The van der Waals surface area contributed by atoms with Crippen molar-refractivity contribution in [3.05, 3.63) is 59.7 Å². The Morgan fingerprint density at radius 3 is 2.80 bits per heavy atom. The molecule has 2 unspecified atom stereocenters. The van der Waals surface area contributed by atoms with Crippen molar-refractivity contribution >= 4 is 17.4 Å². The Hall–Kier alpha value is -2.77. The number of piperazine rings is 1. The van der Waals surface area contributed by atoms with Crippen LogP contribution in [0, 0.1) is 6.92 Å². The van der Waals surface area contributed by atoms with Gasteiger partial charge in [-0.25, -0.2) is 4.98 Å². The van der Waals surface area contributed by atoms with Crippen molar-refractivity contribution in [2.75, 3.05) is 31.6 Å². The van der Waals surface area contributed by atoms with E-state index in [1.807, 2.05) is 42.4 Å². The van der Waals surface area contributed by atoms with E-state index in [2.05, 4.69) is 38.8 Å². The van der Waals surface area contributed by atoms with Crippen molar-refractivity contribution in [3.63, 3.8) is 0 Å². The zero-order chi connectivity index (χ0) is 20.7. The van der Waals surface area contributed by atoms with Crippen LogP contribution in [-0.4, -0.2) is 51.9 Å². The second-order valence-electron chi connectivity index (χ2n) is 8.47. The molecule has 0 saturated carbocycles. The average Bonchev–Trinajstić information content (AvgIpc) is 3.19. The molecule has 5 heterocycles. The van der Waals surface area contributed by atoms with Crippen LogP contribution in [0.1, 0.15) is 48.3 Å². The number of amides is 1. The van der Waals surface area contributed by atoms with Crippen molar-refractivity contribution in [2.24, 2.45) is 0 Å². The standard InChI is InChI=1S/C23H28N6O/c1-16-6-5-11-24-23(16)18-8-3-7-17(25-18)19-14-29-20(26-19)9-4-10-21(29)28-13-12-27(2)15-22(28)30/h4-6,9-11,14,17-18,25H,3,7-8,12-13,15H2,1-2H3. The number of carbonyl (C=O) groups is 1. The van der Waals surface area contributed by atoms with E-state index in [1.165, 1.54) is 5.56 Å². The molecule has 7 nitrogen and oxygen atoms in total. The average molecular weight is 405 g/mol. The molecule has 2 atom stereocenters. The molecular formula is C23H28N6O. The Labute approximate surface area is 176 Å². The third kappa shape index (κ3) is 3.48. The van der Waals surface area contributed by atoms with E-state index in [0.29, 0.717) is 13.1 Å². The predicted molar refractivity (Wildman–Crippen MR) is 116 cm³/mol. The van der Waals surface area contributed by atoms with Crippen LogP contribution in [0.3, 0.4) is 0 Å². The first-order valence-corrected chi connectivity index (χ1v) is 10.7. The number of nitrogens with one attached hydrogen (secondary N) is 1. The summed E-state index contributed by atoms with van der Waals surface area (Å²) in [5, 5.41) is 3.78. The van der Waals surface area contributed by atoms with Gasteiger partial charge in [-0.15, -0.1) is 0 Å². The van der Waals surface area contributed by atoms with Crippen LogP contribution >= 0.6 is 0 Å². The molecule has 1 amide bonds. The van der Waals surface area contributed by atoms with Gasteiger partial charge in [0.25, 0.3) is 0 Å². The number of piperidine rings is 1. The minimum absolute atomic E-state index is 0.132. The predicted octanol–water partition coefficient (Wildman–Crippen LogP) is 2.87. The van der Waals surface area contributed by atoms with E-state index in [0.717, 1.165) is 48.7 Å². The lowest BCUT2D eigenvalue weighted by molar-refractivity contribution is -0.120. The first-order chi connectivity index (χ1) is 14.6. The lowest BCUT2D eigenvalue weighted by Gasteiger charge is -2.32. The monoisotopic (exact) mass is 404 g/mol. The first kappa shape index (κ1) is 19.2. The Morgan fingerprint density at radius 1 is 1.10 bits per heavy atom. The summed E-state index contributed by atoms with van der Waals surface area (Å²) in [6, 6.07) is 10.5. The number of fused-ring (bicyclic) bond motifs is 1. The highest BCUT2D eigenvalue weighted by atomic mass is 16.2. The molecule has 0 aliphatic carbocycles. The van der Waals surface area contributed by atoms with Crippen LogP contribution in [-0.2, 0) is 4.79 Å². The van der Waals surface area contributed by atoms with E-state index in [4.69, 9.17) is 4.98 Å². The SMILES string of the molecule is Cc1cccnc1C1CCCC(c2cn3c(N4CCN(C)CC4=O)cccc3n2)N1. The Bertz CT molecular complexity index is 1080. The topological polar surface area (TPSA) is 65.8 Å². The highest BCUT2D eigenvalue weighted by Gasteiger charge is 2.28. The molecule has 2 aliphatic rings. The first-order valence-electron chi connectivity index (χ1n) is 10.7. The largest absolute Gasteiger partial charge is 0.300 e. The molecule has 1 N–H and O–H groups in total. The lowest BCUT2D eigenvalue weighted by Crippen LogP contribution is -2.49. The summed E-state index contributed by atoms with van der Waals surface area (Å²) >= 11 is 0. The number of hydrogen-bond donors (Lipinski definition) is 1. The highest BCUT2D eigenvalue weighted by molar-refractivity contribution is 5.95. The van der Waals surface area contributed by atoms with Crippen molar-refractivity contribution < 1.29 is 4.79 Å². The maximum absolute atomic E-state index is 12.6. The third-order valence-electron chi connectivity index (χ3n) is 6.30. The molecule has 30 heavy (non-hydrogen) atoms. The molecule has 2 aliphatic heterocycles. The fourth-order valence-corrected chi connectivity index (χ4v) is 4.68. The van der Waals surface area contributed by atoms with E-state index in [1.54, 1.807) is 0 Å². The van der Waals surface area contributed by atoms with Gasteiger partial charge in [-0.2, -0.15) is 0 Å². The minimum Gasteiger partial charge on any atom is -0.300 e. The number of carbonyl (C=O) groups excluding carboxylic acids is 1. The third-order valence-corrected chi connectivity index (χ3v) is 6.30. The number of aryl methyl sites for hydroxylation is 1. The van der Waals surface area contributed by atoms with Gasteiger partial charge in [-0.1, -0.05) is 12.1 Å². The van der Waals surface area contributed by atoms with Gasteiger partial charge in [0, 0.05) is 25.5 Å².